The molecule has 0 bridgehead atoms. The van der Waals surface area contributed by atoms with E-state index in [1.807, 2.05) is 0 Å². The summed E-state index contributed by atoms with van der Waals surface area (Å²) in [7, 11) is 0.432. The summed E-state index contributed by atoms with van der Waals surface area (Å²) in [5.41, 5.74) is 0. The summed E-state index contributed by atoms with van der Waals surface area (Å²) in [6.07, 6.45) is 19.3. The topological polar surface area (TPSA) is 18.5 Å². The van der Waals surface area contributed by atoms with Gasteiger partial charge in [0.05, 0.1) is 26.4 Å². The summed E-state index contributed by atoms with van der Waals surface area (Å²) in [6, 6.07) is 0. The molecule has 0 spiro atoms. The van der Waals surface area contributed by atoms with Crippen LogP contribution in [-0.2, 0) is 9.47 Å². The molecule has 0 aliphatic carbocycles. The van der Waals surface area contributed by atoms with Gasteiger partial charge in [-0.25, -0.2) is 0 Å². The van der Waals surface area contributed by atoms with Crippen LogP contribution >= 0.6 is 15.8 Å². The minimum atomic E-state index is 0.216. The van der Waals surface area contributed by atoms with Crippen LogP contribution in [0.4, 0.5) is 0 Å². The van der Waals surface area contributed by atoms with Gasteiger partial charge in [0.1, 0.15) is 0 Å². The Bertz CT molecular complexity index is 223. The summed E-state index contributed by atoms with van der Waals surface area (Å²) >= 11 is 0. The van der Waals surface area contributed by atoms with Crippen molar-refractivity contribution in [1.29, 1.82) is 0 Å². The second kappa shape index (κ2) is 22.1. The van der Waals surface area contributed by atoms with Crippen molar-refractivity contribution in [3.05, 3.63) is 0 Å². The molecule has 0 aromatic heterocycles. The lowest BCUT2D eigenvalue weighted by Gasteiger charge is -2.18. The molecule has 0 unspecified atom stereocenters. The molecule has 0 aliphatic heterocycles. The van der Waals surface area contributed by atoms with Gasteiger partial charge in [0.25, 0.3) is 0 Å². The SMILES string of the molecule is CCCCP(CCCC)CCOCCOCCP(CCCC)CCCC. The average molecular weight is 407 g/mol. The first-order chi connectivity index (χ1) is 12.8. The minimum Gasteiger partial charge on any atom is -0.379 e. The van der Waals surface area contributed by atoms with Crippen molar-refractivity contribution in [2.24, 2.45) is 0 Å². The fraction of sp³-hybridized carbons (Fsp3) is 1.00. The molecule has 0 amide bonds. The van der Waals surface area contributed by atoms with Gasteiger partial charge in [-0.15, -0.1) is 15.8 Å². The lowest BCUT2D eigenvalue weighted by atomic mass is 10.4. The molecule has 0 saturated heterocycles. The zero-order valence-electron chi connectivity index (χ0n) is 18.4. The number of hydrogen-bond donors (Lipinski definition) is 0. The third-order valence-electron chi connectivity index (χ3n) is 4.79. The molecule has 0 saturated carbocycles. The molecule has 0 aromatic rings. The standard InChI is InChI=1S/C22H48O2P2/c1-5-9-17-25(18-10-6-2)21-15-23-13-14-24-16-22-26(19-11-7-3)20-12-8-4/h5-22H2,1-4H3. The van der Waals surface area contributed by atoms with Gasteiger partial charge in [-0.1, -0.05) is 53.4 Å². The third-order valence-corrected chi connectivity index (χ3v) is 10.2. The number of unbranched alkanes of at least 4 members (excludes halogenated alkanes) is 4. The van der Waals surface area contributed by atoms with Crippen molar-refractivity contribution in [2.75, 3.05) is 63.4 Å². The molecule has 0 heterocycles. The summed E-state index contributed by atoms with van der Waals surface area (Å²) < 4.78 is 11.7. The Morgan fingerprint density at radius 1 is 0.423 bits per heavy atom. The quantitative estimate of drug-likeness (QED) is 0.148. The number of rotatable bonds is 21. The zero-order valence-corrected chi connectivity index (χ0v) is 20.2. The van der Waals surface area contributed by atoms with Gasteiger partial charge in [-0.05, 0) is 62.7 Å². The molecule has 0 N–H and O–H groups in total. The van der Waals surface area contributed by atoms with Crippen LogP contribution in [0.25, 0.3) is 0 Å². The summed E-state index contributed by atoms with van der Waals surface area (Å²) in [5, 5.41) is 0. The van der Waals surface area contributed by atoms with Crippen LogP contribution in [0.5, 0.6) is 0 Å². The highest BCUT2D eigenvalue weighted by Crippen LogP contribution is 2.38. The van der Waals surface area contributed by atoms with Crippen LogP contribution in [0.2, 0.25) is 0 Å². The molecule has 0 atom stereocenters. The highest BCUT2D eigenvalue weighted by molar-refractivity contribution is 7.57. The second-order valence-electron chi connectivity index (χ2n) is 7.32. The van der Waals surface area contributed by atoms with E-state index in [0.29, 0.717) is 0 Å². The van der Waals surface area contributed by atoms with Gasteiger partial charge < -0.3 is 9.47 Å². The van der Waals surface area contributed by atoms with Crippen molar-refractivity contribution in [3.8, 4) is 0 Å². The van der Waals surface area contributed by atoms with Crippen LogP contribution in [0.15, 0.2) is 0 Å². The normalized spacial score (nSPS) is 11.8. The molecule has 158 valence electrons. The summed E-state index contributed by atoms with van der Waals surface area (Å²) in [5.74, 6) is 0. The maximum Gasteiger partial charge on any atom is 0.0700 e. The molecule has 4 heteroatoms. The fourth-order valence-corrected chi connectivity index (χ4v) is 8.08. The van der Waals surface area contributed by atoms with E-state index in [2.05, 4.69) is 27.7 Å². The van der Waals surface area contributed by atoms with Gasteiger partial charge >= 0.3 is 0 Å². The summed E-state index contributed by atoms with van der Waals surface area (Å²) in [6.45, 7) is 12.7. The van der Waals surface area contributed by atoms with Crippen LogP contribution in [0.3, 0.4) is 0 Å². The van der Waals surface area contributed by atoms with Gasteiger partial charge in [-0.2, -0.15) is 0 Å². The first-order valence-electron chi connectivity index (χ1n) is 11.4. The predicted octanol–water partition coefficient (Wildman–Crippen LogP) is 7.18. The van der Waals surface area contributed by atoms with Gasteiger partial charge in [0.2, 0.25) is 0 Å². The third kappa shape index (κ3) is 18.2. The van der Waals surface area contributed by atoms with E-state index in [0.717, 1.165) is 26.4 Å². The molecule has 2 nitrogen and oxygen atoms in total. The lowest BCUT2D eigenvalue weighted by molar-refractivity contribution is 0.0600. The first kappa shape index (κ1) is 26.8. The monoisotopic (exact) mass is 406 g/mol. The van der Waals surface area contributed by atoms with Gasteiger partial charge in [0.15, 0.2) is 0 Å². The smallest absolute Gasteiger partial charge is 0.0700 e. The van der Waals surface area contributed by atoms with Gasteiger partial charge in [0, 0.05) is 0 Å². The maximum atomic E-state index is 5.86. The predicted molar refractivity (Wildman–Crippen MR) is 124 cm³/mol. The van der Waals surface area contributed by atoms with E-state index in [4.69, 9.17) is 9.47 Å². The second-order valence-corrected chi connectivity index (χ2v) is 12.7. The molecule has 0 fully saturated rings. The van der Waals surface area contributed by atoms with Crippen LogP contribution in [-0.4, -0.2) is 63.4 Å². The van der Waals surface area contributed by atoms with Gasteiger partial charge in [-0.3, -0.25) is 0 Å². The summed E-state index contributed by atoms with van der Waals surface area (Å²) in [4.78, 5) is 0. The van der Waals surface area contributed by atoms with Crippen LogP contribution < -0.4 is 0 Å². The number of hydrogen-bond acceptors (Lipinski definition) is 2. The van der Waals surface area contributed by atoms with Crippen molar-refractivity contribution in [2.45, 2.75) is 79.1 Å². The van der Waals surface area contributed by atoms with E-state index in [9.17, 15) is 0 Å². The van der Waals surface area contributed by atoms with Crippen LogP contribution in [0.1, 0.15) is 79.1 Å². The van der Waals surface area contributed by atoms with E-state index in [1.54, 1.807) is 0 Å². The Kier molecular flexibility index (Phi) is 22.7. The molecule has 0 radical (unpaired) electrons. The average Bonchev–Trinajstić information content (AvgIpc) is 2.66. The molecule has 0 aliphatic rings. The Morgan fingerprint density at radius 3 is 1.00 bits per heavy atom. The van der Waals surface area contributed by atoms with Crippen molar-refractivity contribution >= 4 is 15.8 Å². The lowest BCUT2D eigenvalue weighted by Crippen LogP contribution is -2.10. The van der Waals surface area contributed by atoms with Crippen molar-refractivity contribution in [1.82, 2.24) is 0 Å². The van der Waals surface area contributed by atoms with Crippen LogP contribution in [0, 0.1) is 0 Å². The highest BCUT2D eigenvalue weighted by Gasteiger charge is 2.08. The molecular weight excluding hydrogens is 358 g/mol. The molecular formula is C22H48O2P2. The highest BCUT2D eigenvalue weighted by atomic mass is 31.1. The largest absolute Gasteiger partial charge is 0.379 e. The Hall–Kier alpha value is 0.780. The maximum absolute atomic E-state index is 5.86. The van der Waals surface area contributed by atoms with Crippen molar-refractivity contribution < 1.29 is 9.47 Å². The first-order valence-corrected chi connectivity index (χ1v) is 15.2. The minimum absolute atomic E-state index is 0.216. The fourth-order valence-electron chi connectivity index (χ4n) is 2.91. The molecule has 0 aromatic carbocycles. The van der Waals surface area contributed by atoms with Crippen molar-refractivity contribution in [3.63, 3.8) is 0 Å². The Morgan fingerprint density at radius 2 is 0.731 bits per heavy atom. The molecule has 26 heavy (non-hydrogen) atoms. The van der Waals surface area contributed by atoms with E-state index < -0.39 is 0 Å². The van der Waals surface area contributed by atoms with E-state index in [-0.39, 0.29) is 15.8 Å². The molecule has 0 rings (SSSR count). The number of ether oxygens (including phenoxy) is 2. The Balaban J connectivity index is 3.64. The van der Waals surface area contributed by atoms with E-state index in [1.165, 1.54) is 88.3 Å². The van der Waals surface area contributed by atoms with E-state index >= 15 is 0 Å². The Labute approximate surface area is 168 Å². The zero-order chi connectivity index (χ0) is 19.3.